The summed E-state index contributed by atoms with van der Waals surface area (Å²) in [5.41, 5.74) is 6.37. The van der Waals surface area contributed by atoms with Crippen molar-refractivity contribution in [2.75, 3.05) is 0 Å². The third kappa shape index (κ3) is 1.59. The van der Waals surface area contributed by atoms with E-state index in [0.717, 1.165) is 0 Å². The zero-order valence-corrected chi connectivity index (χ0v) is 9.05. The van der Waals surface area contributed by atoms with Crippen molar-refractivity contribution >= 4 is 27.4 Å². The molecule has 2 rings (SSSR count). The molecule has 6 nitrogen and oxygen atoms in total. The average molecular weight is 271 g/mol. The normalized spacial score (nSPS) is 12.9. The van der Waals surface area contributed by atoms with Crippen LogP contribution >= 0.6 is 15.9 Å². The summed E-state index contributed by atoms with van der Waals surface area (Å²) in [5, 5.41) is 8.79. The fourth-order valence-corrected chi connectivity index (χ4v) is 1.77. The van der Waals surface area contributed by atoms with Gasteiger partial charge in [-0.05, 0) is 15.9 Å². The lowest BCUT2D eigenvalue weighted by Crippen LogP contribution is -2.21. The van der Waals surface area contributed by atoms with Crippen LogP contribution in [-0.4, -0.2) is 25.4 Å². The lowest BCUT2D eigenvalue weighted by atomic mass is 10.2. The van der Waals surface area contributed by atoms with Gasteiger partial charge in [-0.15, -0.1) is 0 Å². The molecule has 1 unspecified atom stereocenters. The van der Waals surface area contributed by atoms with Crippen molar-refractivity contribution in [1.82, 2.24) is 14.4 Å². The molecule has 2 aromatic heterocycles. The number of fused-ring (bicyclic) bond motifs is 1. The molecule has 78 valence electrons. The number of imidazole rings is 1. The molecule has 2 heterocycles. The van der Waals surface area contributed by atoms with E-state index in [4.69, 9.17) is 10.8 Å². The number of halogens is 1. The lowest BCUT2D eigenvalue weighted by molar-refractivity contribution is -0.138. The maximum absolute atomic E-state index is 10.7. The van der Waals surface area contributed by atoms with Gasteiger partial charge in [-0.3, -0.25) is 14.2 Å². The fourth-order valence-electron chi connectivity index (χ4n) is 1.27. The molecule has 0 amide bonds. The molecule has 2 aromatic rings. The molecule has 0 fully saturated rings. The van der Waals surface area contributed by atoms with E-state index in [2.05, 4.69) is 25.9 Å². The van der Waals surface area contributed by atoms with E-state index in [1.165, 1.54) is 6.20 Å². The average Bonchev–Trinajstić information content (AvgIpc) is 2.56. The van der Waals surface area contributed by atoms with E-state index >= 15 is 0 Å². The molecule has 7 heteroatoms. The molecule has 0 aromatic carbocycles. The fraction of sp³-hybridized carbons (Fsp3) is 0.125. The summed E-state index contributed by atoms with van der Waals surface area (Å²) in [6, 6.07) is -1.14. The predicted octanol–water partition coefficient (Wildman–Crippen LogP) is 0.576. The Balaban J connectivity index is 2.67. The summed E-state index contributed by atoms with van der Waals surface area (Å²) in [6.45, 7) is 0. The van der Waals surface area contributed by atoms with E-state index in [-0.39, 0.29) is 0 Å². The molecule has 0 aliphatic rings. The number of nitrogens with zero attached hydrogens (tertiary/aromatic N) is 3. The van der Waals surface area contributed by atoms with Gasteiger partial charge in [0.05, 0.1) is 17.4 Å². The first-order valence-electron chi connectivity index (χ1n) is 4.07. The number of carboxylic acids is 1. The van der Waals surface area contributed by atoms with Gasteiger partial charge in [0.2, 0.25) is 0 Å². The summed E-state index contributed by atoms with van der Waals surface area (Å²) >= 11 is 3.21. The highest BCUT2D eigenvalue weighted by molar-refractivity contribution is 9.10. The van der Waals surface area contributed by atoms with Crippen molar-refractivity contribution in [3.63, 3.8) is 0 Å². The first-order valence-corrected chi connectivity index (χ1v) is 4.86. The maximum atomic E-state index is 10.7. The number of carbonyl (C=O) groups is 1. The van der Waals surface area contributed by atoms with Crippen LogP contribution in [0.3, 0.4) is 0 Å². The predicted molar refractivity (Wildman–Crippen MR) is 55.3 cm³/mol. The van der Waals surface area contributed by atoms with Crippen molar-refractivity contribution in [2.45, 2.75) is 6.04 Å². The van der Waals surface area contributed by atoms with Crippen molar-refractivity contribution in [2.24, 2.45) is 5.73 Å². The first kappa shape index (κ1) is 10.1. The number of carboxylic acid groups (broad SMARTS) is 1. The number of rotatable bonds is 2. The maximum Gasteiger partial charge on any atom is 0.326 e. The first-order chi connectivity index (χ1) is 7.11. The van der Waals surface area contributed by atoms with E-state index in [1.54, 1.807) is 16.8 Å². The Labute approximate surface area is 92.9 Å². The van der Waals surface area contributed by atoms with Crippen LogP contribution in [0.5, 0.6) is 0 Å². The summed E-state index contributed by atoms with van der Waals surface area (Å²) in [7, 11) is 0. The molecule has 0 saturated carbocycles. The Bertz CT molecular complexity index is 524. The van der Waals surface area contributed by atoms with Crippen LogP contribution < -0.4 is 5.73 Å². The summed E-state index contributed by atoms with van der Waals surface area (Å²) in [4.78, 5) is 18.7. The molecular weight excluding hydrogens is 264 g/mol. The highest BCUT2D eigenvalue weighted by Gasteiger charge is 2.21. The molecule has 0 aliphatic heterocycles. The molecule has 0 saturated heterocycles. The van der Waals surface area contributed by atoms with Gasteiger partial charge in [-0.1, -0.05) is 0 Å². The van der Waals surface area contributed by atoms with Crippen molar-refractivity contribution in [1.29, 1.82) is 0 Å². The van der Waals surface area contributed by atoms with Gasteiger partial charge >= 0.3 is 5.97 Å². The van der Waals surface area contributed by atoms with Crippen LogP contribution in [-0.2, 0) is 4.79 Å². The number of aromatic nitrogens is 3. The van der Waals surface area contributed by atoms with E-state index in [0.29, 0.717) is 15.9 Å². The third-order valence-corrected chi connectivity index (χ3v) is 2.55. The van der Waals surface area contributed by atoms with Crippen LogP contribution in [0.2, 0.25) is 0 Å². The quantitative estimate of drug-likeness (QED) is 0.833. The van der Waals surface area contributed by atoms with Gasteiger partial charge < -0.3 is 10.8 Å². The zero-order chi connectivity index (χ0) is 11.0. The zero-order valence-electron chi connectivity index (χ0n) is 7.46. The Morgan fingerprint density at radius 1 is 1.67 bits per heavy atom. The Morgan fingerprint density at radius 2 is 2.40 bits per heavy atom. The number of hydrogen-bond donors (Lipinski definition) is 2. The van der Waals surface area contributed by atoms with Crippen molar-refractivity contribution in [3.05, 3.63) is 29.0 Å². The molecule has 0 spiro atoms. The summed E-state index contributed by atoms with van der Waals surface area (Å²) in [6.07, 6.45) is 4.77. The van der Waals surface area contributed by atoms with E-state index in [1.807, 2.05) is 0 Å². The number of nitrogens with two attached hydrogens (primary N) is 1. The number of hydrogen-bond acceptors (Lipinski definition) is 4. The molecule has 1 atom stereocenters. The number of aliphatic carboxylic acids is 1. The minimum Gasteiger partial charge on any atom is -0.480 e. The molecule has 0 aliphatic carbocycles. The van der Waals surface area contributed by atoms with Gasteiger partial charge in [-0.2, -0.15) is 0 Å². The van der Waals surface area contributed by atoms with Gasteiger partial charge in [0.15, 0.2) is 4.73 Å². The van der Waals surface area contributed by atoms with Crippen molar-refractivity contribution in [3.8, 4) is 0 Å². The van der Waals surface area contributed by atoms with Crippen LogP contribution in [0.4, 0.5) is 0 Å². The third-order valence-electron chi connectivity index (χ3n) is 1.99. The second kappa shape index (κ2) is 3.59. The molecule has 15 heavy (non-hydrogen) atoms. The van der Waals surface area contributed by atoms with E-state index < -0.39 is 12.0 Å². The monoisotopic (exact) mass is 270 g/mol. The highest BCUT2D eigenvalue weighted by atomic mass is 79.9. The standard InChI is InChI=1S/C8H7BrN4O2/c9-8-12-6(5(10)7(14)15)4-3-11-1-2-13(4)8/h1-3,5H,10H2,(H,14,15). The molecule has 0 radical (unpaired) electrons. The van der Waals surface area contributed by atoms with Crippen LogP contribution in [0, 0.1) is 0 Å². The minimum atomic E-state index is -1.14. The van der Waals surface area contributed by atoms with Crippen LogP contribution in [0.1, 0.15) is 11.7 Å². The summed E-state index contributed by atoms with van der Waals surface area (Å²) < 4.78 is 2.18. The van der Waals surface area contributed by atoms with Gasteiger partial charge in [0.1, 0.15) is 6.04 Å². The second-order valence-electron chi connectivity index (χ2n) is 2.91. The second-order valence-corrected chi connectivity index (χ2v) is 3.62. The Hall–Kier alpha value is -1.47. The Kier molecular flexibility index (Phi) is 2.41. The minimum absolute atomic E-state index is 0.294. The van der Waals surface area contributed by atoms with Crippen LogP contribution in [0.15, 0.2) is 23.3 Å². The molecule has 0 bridgehead atoms. The Morgan fingerprint density at radius 3 is 3.07 bits per heavy atom. The lowest BCUT2D eigenvalue weighted by Gasteiger charge is -2.02. The highest BCUT2D eigenvalue weighted by Crippen LogP contribution is 2.20. The van der Waals surface area contributed by atoms with Crippen LogP contribution in [0.25, 0.3) is 5.52 Å². The van der Waals surface area contributed by atoms with Gasteiger partial charge in [-0.25, -0.2) is 4.98 Å². The summed E-state index contributed by atoms with van der Waals surface area (Å²) in [5.74, 6) is -1.12. The topological polar surface area (TPSA) is 93.5 Å². The molecule has 3 N–H and O–H groups in total. The SMILES string of the molecule is NC(C(=O)O)c1nc(Br)n2ccncc12. The van der Waals surface area contributed by atoms with E-state index in [9.17, 15) is 4.79 Å². The van der Waals surface area contributed by atoms with Gasteiger partial charge in [0, 0.05) is 12.4 Å². The smallest absolute Gasteiger partial charge is 0.326 e. The van der Waals surface area contributed by atoms with Gasteiger partial charge in [0.25, 0.3) is 0 Å². The largest absolute Gasteiger partial charge is 0.480 e. The molecular formula is C8H7BrN4O2. The van der Waals surface area contributed by atoms with Crippen molar-refractivity contribution < 1.29 is 9.90 Å².